The van der Waals surface area contributed by atoms with Gasteiger partial charge in [0.15, 0.2) is 5.58 Å². The SMILES string of the molecule is CN(C(=O)Cc1ccc2nc(Nc3ccccc3Cl)oc2c1)c1ccc(C2CN(C(=O)c3ccncc3)CC2C(=O)O)cc1. The van der Waals surface area contributed by atoms with Gasteiger partial charge in [-0.05, 0) is 59.7 Å². The number of anilines is 3. The summed E-state index contributed by atoms with van der Waals surface area (Å²) in [5.74, 6) is -2.42. The molecule has 2 aromatic heterocycles. The number of carboxylic acids is 1. The third kappa shape index (κ3) is 5.97. The van der Waals surface area contributed by atoms with Gasteiger partial charge in [-0.2, -0.15) is 4.98 Å². The van der Waals surface area contributed by atoms with Gasteiger partial charge in [0.25, 0.3) is 11.9 Å². The first-order valence-corrected chi connectivity index (χ1v) is 14.3. The topological polar surface area (TPSA) is 129 Å². The van der Waals surface area contributed by atoms with Crippen LogP contribution >= 0.6 is 11.6 Å². The number of hydrogen-bond donors (Lipinski definition) is 2. The smallest absolute Gasteiger partial charge is 0.308 e. The molecule has 44 heavy (non-hydrogen) atoms. The fourth-order valence-corrected chi connectivity index (χ4v) is 5.61. The zero-order valence-corrected chi connectivity index (χ0v) is 24.4. The number of rotatable bonds is 8. The fraction of sp³-hybridized carbons (Fsp3) is 0.182. The summed E-state index contributed by atoms with van der Waals surface area (Å²) in [6.07, 6.45) is 3.21. The van der Waals surface area contributed by atoms with Crippen molar-refractivity contribution in [1.82, 2.24) is 14.9 Å². The first-order valence-electron chi connectivity index (χ1n) is 14.0. The van der Waals surface area contributed by atoms with Crippen LogP contribution in [0.1, 0.15) is 27.4 Å². The summed E-state index contributed by atoms with van der Waals surface area (Å²) in [6.45, 7) is 0.403. The number of para-hydroxylation sites is 1. The Morgan fingerprint density at radius 1 is 1.02 bits per heavy atom. The third-order valence-electron chi connectivity index (χ3n) is 7.86. The quantitative estimate of drug-likeness (QED) is 0.227. The average Bonchev–Trinajstić information content (AvgIpc) is 3.66. The Balaban J connectivity index is 1.12. The standard InChI is InChI=1S/C33H28ClN5O5/c1-38(30(40)17-20-6-11-28-29(16-20)44-33(37-28)36-27-5-3-2-4-26(27)34)23-9-7-21(8-10-23)24-18-39(19-25(24)32(42)43)31(41)22-12-14-35-15-13-22/h2-16,24-25H,17-19H2,1H3,(H,36,37)(H,42,43). The Kier molecular flexibility index (Phi) is 7.99. The van der Waals surface area contributed by atoms with Crippen LogP contribution in [0.3, 0.4) is 0 Å². The van der Waals surface area contributed by atoms with Gasteiger partial charge in [-0.1, -0.05) is 41.9 Å². The van der Waals surface area contributed by atoms with E-state index in [0.717, 1.165) is 11.1 Å². The van der Waals surface area contributed by atoms with E-state index in [1.165, 1.54) is 12.4 Å². The van der Waals surface area contributed by atoms with E-state index in [-0.39, 0.29) is 37.2 Å². The van der Waals surface area contributed by atoms with Gasteiger partial charge >= 0.3 is 5.97 Å². The number of halogens is 1. The summed E-state index contributed by atoms with van der Waals surface area (Å²) in [5.41, 5.74) is 4.55. The van der Waals surface area contributed by atoms with E-state index in [1.54, 1.807) is 59.3 Å². The number of amides is 2. The van der Waals surface area contributed by atoms with Crippen LogP contribution in [0.25, 0.3) is 11.1 Å². The summed E-state index contributed by atoms with van der Waals surface area (Å²) < 4.78 is 5.85. The van der Waals surface area contributed by atoms with Gasteiger partial charge in [-0.25, -0.2) is 0 Å². The molecular formula is C33H28ClN5O5. The molecule has 0 aliphatic carbocycles. The molecule has 5 aromatic rings. The summed E-state index contributed by atoms with van der Waals surface area (Å²) in [7, 11) is 1.70. The molecule has 0 spiro atoms. The Bertz CT molecular complexity index is 1840. The third-order valence-corrected chi connectivity index (χ3v) is 8.19. The van der Waals surface area contributed by atoms with Crippen molar-refractivity contribution in [3.63, 3.8) is 0 Å². The molecule has 10 nitrogen and oxygen atoms in total. The molecule has 0 bridgehead atoms. The molecule has 0 radical (unpaired) electrons. The van der Waals surface area contributed by atoms with E-state index in [2.05, 4.69) is 15.3 Å². The van der Waals surface area contributed by atoms with Crippen molar-refractivity contribution in [3.8, 4) is 0 Å². The maximum Gasteiger partial charge on any atom is 0.308 e. The van der Waals surface area contributed by atoms with E-state index >= 15 is 0 Å². The first kappa shape index (κ1) is 28.9. The second-order valence-electron chi connectivity index (χ2n) is 10.6. The van der Waals surface area contributed by atoms with Gasteiger partial charge in [-0.3, -0.25) is 19.4 Å². The number of nitrogens with one attached hydrogen (secondary N) is 1. The Morgan fingerprint density at radius 3 is 2.50 bits per heavy atom. The molecule has 2 atom stereocenters. The van der Waals surface area contributed by atoms with Crippen LogP contribution in [-0.4, -0.2) is 57.9 Å². The highest BCUT2D eigenvalue weighted by Crippen LogP contribution is 2.35. The maximum absolute atomic E-state index is 13.2. The number of hydrogen-bond acceptors (Lipinski definition) is 7. The van der Waals surface area contributed by atoms with Crippen LogP contribution in [0.2, 0.25) is 5.02 Å². The van der Waals surface area contributed by atoms with Crippen molar-refractivity contribution in [1.29, 1.82) is 0 Å². The highest BCUT2D eigenvalue weighted by atomic mass is 35.5. The maximum atomic E-state index is 13.2. The molecule has 3 heterocycles. The van der Waals surface area contributed by atoms with E-state index in [4.69, 9.17) is 16.0 Å². The number of carboxylic acid groups (broad SMARTS) is 1. The number of fused-ring (bicyclic) bond motifs is 1. The Labute approximate surface area is 257 Å². The summed E-state index contributed by atoms with van der Waals surface area (Å²) in [4.78, 5) is 49.8. The predicted molar refractivity (Wildman–Crippen MR) is 166 cm³/mol. The lowest BCUT2D eigenvalue weighted by Crippen LogP contribution is -2.29. The number of oxazole rings is 1. The molecule has 2 amide bonds. The van der Waals surface area contributed by atoms with Crippen molar-refractivity contribution >= 4 is 57.9 Å². The number of carbonyl (C=O) groups is 3. The van der Waals surface area contributed by atoms with Crippen molar-refractivity contribution in [2.45, 2.75) is 12.3 Å². The molecule has 1 aliphatic rings. The Morgan fingerprint density at radius 2 is 1.77 bits per heavy atom. The summed E-state index contributed by atoms with van der Waals surface area (Å²) in [6, 6.07) is 23.5. The van der Waals surface area contributed by atoms with E-state index < -0.39 is 11.9 Å². The second-order valence-corrected chi connectivity index (χ2v) is 11.1. The number of carbonyl (C=O) groups excluding carboxylic acids is 2. The number of likely N-dealkylation sites (tertiary alicyclic amines) is 1. The summed E-state index contributed by atoms with van der Waals surface area (Å²) >= 11 is 6.22. The van der Waals surface area contributed by atoms with Gasteiger partial charge < -0.3 is 24.6 Å². The lowest BCUT2D eigenvalue weighted by molar-refractivity contribution is -0.141. The van der Waals surface area contributed by atoms with Crippen LogP contribution in [0.5, 0.6) is 0 Å². The van der Waals surface area contributed by atoms with E-state index in [0.29, 0.717) is 39.1 Å². The molecule has 2 unspecified atom stereocenters. The second kappa shape index (κ2) is 12.2. The Hall–Kier alpha value is -5.22. The van der Waals surface area contributed by atoms with Crippen molar-refractivity contribution in [2.24, 2.45) is 5.92 Å². The van der Waals surface area contributed by atoms with Crippen molar-refractivity contribution in [2.75, 3.05) is 30.4 Å². The van der Waals surface area contributed by atoms with Crippen LogP contribution in [-0.2, 0) is 16.0 Å². The number of aliphatic carboxylic acids is 1. The minimum atomic E-state index is -0.952. The molecule has 11 heteroatoms. The highest BCUT2D eigenvalue weighted by molar-refractivity contribution is 6.33. The molecule has 1 aliphatic heterocycles. The zero-order chi connectivity index (χ0) is 30.8. The molecular weight excluding hydrogens is 582 g/mol. The molecule has 1 fully saturated rings. The normalized spacial score (nSPS) is 16.2. The molecule has 6 rings (SSSR count). The van der Waals surface area contributed by atoms with Gasteiger partial charge in [0.1, 0.15) is 5.52 Å². The zero-order valence-electron chi connectivity index (χ0n) is 23.7. The minimum Gasteiger partial charge on any atom is -0.481 e. The van der Waals surface area contributed by atoms with Crippen LogP contribution in [0.15, 0.2) is 95.7 Å². The average molecular weight is 610 g/mol. The van der Waals surface area contributed by atoms with Crippen molar-refractivity contribution < 1.29 is 23.9 Å². The van der Waals surface area contributed by atoms with Crippen LogP contribution in [0, 0.1) is 5.92 Å². The molecule has 3 aromatic carbocycles. The lowest BCUT2D eigenvalue weighted by atomic mass is 9.89. The molecule has 1 saturated heterocycles. The number of pyridine rings is 1. The molecule has 222 valence electrons. The van der Waals surface area contributed by atoms with Gasteiger partial charge in [-0.15, -0.1) is 0 Å². The monoisotopic (exact) mass is 609 g/mol. The highest BCUT2D eigenvalue weighted by Gasteiger charge is 2.40. The summed E-state index contributed by atoms with van der Waals surface area (Å²) in [5, 5.41) is 13.5. The number of nitrogens with zero attached hydrogens (tertiary/aromatic N) is 4. The molecule has 2 N–H and O–H groups in total. The van der Waals surface area contributed by atoms with Gasteiger partial charge in [0.2, 0.25) is 5.91 Å². The number of likely N-dealkylation sites (N-methyl/N-ethyl adjacent to an activating group) is 1. The largest absolute Gasteiger partial charge is 0.481 e. The first-order chi connectivity index (χ1) is 21.3. The minimum absolute atomic E-state index is 0.119. The van der Waals surface area contributed by atoms with E-state index in [9.17, 15) is 19.5 Å². The van der Waals surface area contributed by atoms with E-state index in [1.807, 2.05) is 36.4 Å². The number of benzene rings is 3. The van der Waals surface area contributed by atoms with Crippen molar-refractivity contribution in [3.05, 3.63) is 113 Å². The van der Waals surface area contributed by atoms with Gasteiger partial charge in [0, 0.05) is 49.7 Å². The molecule has 0 saturated carbocycles. The fourth-order valence-electron chi connectivity index (χ4n) is 5.43. The number of aromatic nitrogens is 2. The lowest BCUT2D eigenvalue weighted by Gasteiger charge is -2.20. The van der Waals surface area contributed by atoms with Gasteiger partial charge in [0.05, 0.1) is 23.0 Å². The van der Waals surface area contributed by atoms with Crippen LogP contribution < -0.4 is 10.2 Å². The predicted octanol–water partition coefficient (Wildman–Crippen LogP) is 5.77. The van der Waals surface area contributed by atoms with Crippen LogP contribution in [0.4, 0.5) is 17.4 Å².